The van der Waals surface area contributed by atoms with E-state index in [9.17, 15) is 0 Å². The molecule has 7 heteroatoms. The first-order chi connectivity index (χ1) is 10.6. The van der Waals surface area contributed by atoms with Gasteiger partial charge in [0.1, 0.15) is 0 Å². The molecule has 0 saturated carbocycles. The van der Waals surface area contributed by atoms with Crippen molar-refractivity contribution >= 4 is 35.6 Å². The highest BCUT2D eigenvalue weighted by Gasteiger charge is 2.27. The molecule has 0 amide bonds. The molecule has 3 rings (SSSR count). The van der Waals surface area contributed by atoms with Gasteiger partial charge in [-0.2, -0.15) is 5.10 Å². The number of nitrogens with one attached hydrogen (secondary N) is 1. The van der Waals surface area contributed by atoms with Crippen molar-refractivity contribution in [1.29, 1.82) is 0 Å². The van der Waals surface area contributed by atoms with Crippen LogP contribution >= 0.6 is 35.6 Å². The highest BCUT2D eigenvalue weighted by atomic mass is 35.5. The SMILES string of the molecule is Cc1cnn(C[C@@H]2CNCCO[C@H]2c2ccc(Cl)c(Cl)c2)c1.Cl. The highest BCUT2D eigenvalue weighted by Crippen LogP contribution is 2.32. The molecular formula is C16H20Cl3N3O. The lowest BCUT2D eigenvalue weighted by molar-refractivity contribution is 0.0243. The van der Waals surface area contributed by atoms with E-state index in [4.69, 9.17) is 27.9 Å². The van der Waals surface area contributed by atoms with Crippen LogP contribution in [0.25, 0.3) is 0 Å². The standard InChI is InChI=1S/C16H19Cl2N3O.ClH/c1-11-7-20-21(9-11)10-13-8-19-4-5-22-16(13)12-2-3-14(17)15(18)6-12;/h2-3,6-7,9,13,16,19H,4-5,8,10H2,1H3;1H/t13-,16-;/m0./s1. The molecule has 2 heterocycles. The first-order valence-electron chi connectivity index (χ1n) is 7.40. The molecule has 1 aliphatic heterocycles. The fourth-order valence-corrected chi connectivity index (χ4v) is 3.12. The van der Waals surface area contributed by atoms with Crippen LogP contribution in [0.3, 0.4) is 0 Å². The third-order valence-electron chi connectivity index (χ3n) is 3.87. The van der Waals surface area contributed by atoms with Crippen LogP contribution in [-0.2, 0) is 11.3 Å². The number of halogens is 3. The lowest BCUT2D eigenvalue weighted by atomic mass is 9.95. The van der Waals surface area contributed by atoms with Gasteiger partial charge in [-0.1, -0.05) is 29.3 Å². The third kappa shape index (κ3) is 4.61. The number of aryl methyl sites for hydroxylation is 1. The maximum absolute atomic E-state index is 6.16. The maximum atomic E-state index is 6.16. The lowest BCUT2D eigenvalue weighted by Gasteiger charge is -2.25. The molecule has 1 saturated heterocycles. The monoisotopic (exact) mass is 375 g/mol. The van der Waals surface area contributed by atoms with Crippen molar-refractivity contribution in [3.63, 3.8) is 0 Å². The zero-order valence-corrected chi connectivity index (χ0v) is 15.2. The van der Waals surface area contributed by atoms with Crippen molar-refractivity contribution in [3.05, 3.63) is 51.8 Å². The smallest absolute Gasteiger partial charge is 0.0884 e. The normalized spacial score (nSPS) is 21.5. The fraction of sp³-hybridized carbons (Fsp3) is 0.438. The van der Waals surface area contributed by atoms with Crippen LogP contribution in [0.4, 0.5) is 0 Å². The minimum Gasteiger partial charge on any atom is -0.372 e. The van der Waals surface area contributed by atoms with Crippen LogP contribution in [0.2, 0.25) is 10.0 Å². The Morgan fingerprint density at radius 2 is 2.17 bits per heavy atom. The minimum atomic E-state index is -0.0192. The summed E-state index contributed by atoms with van der Waals surface area (Å²) >= 11 is 12.2. The van der Waals surface area contributed by atoms with E-state index in [0.717, 1.165) is 30.8 Å². The summed E-state index contributed by atoms with van der Waals surface area (Å²) in [5.74, 6) is 0.277. The summed E-state index contributed by atoms with van der Waals surface area (Å²) in [6, 6.07) is 5.72. The summed E-state index contributed by atoms with van der Waals surface area (Å²) in [7, 11) is 0. The number of benzene rings is 1. The molecule has 126 valence electrons. The summed E-state index contributed by atoms with van der Waals surface area (Å²) in [6.45, 7) is 5.25. The van der Waals surface area contributed by atoms with Crippen molar-refractivity contribution in [2.45, 2.75) is 19.6 Å². The summed E-state index contributed by atoms with van der Waals surface area (Å²) in [6.07, 6.45) is 3.91. The van der Waals surface area contributed by atoms with Gasteiger partial charge in [0.25, 0.3) is 0 Å². The molecule has 2 aromatic rings. The van der Waals surface area contributed by atoms with Gasteiger partial charge in [0.15, 0.2) is 0 Å². The molecule has 0 spiro atoms. The Morgan fingerprint density at radius 1 is 1.35 bits per heavy atom. The second-order valence-corrected chi connectivity index (χ2v) is 6.48. The minimum absolute atomic E-state index is 0. The predicted octanol–water partition coefficient (Wildman–Crippen LogP) is 3.90. The van der Waals surface area contributed by atoms with Crippen LogP contribution in [0.1, 0.15) is 17.2 Å². The highest BCUT2D eigenvalue weighted by molar-refractivity contribution is 6.42. The number of ether oxygens (including phenoxy) is 1. The average Bonchev–Trinajstić information content (AvgIpc) is 2.76. The number of rotatable bonds is 3. The van der Waals surface area contributed by atoms with Crippen LogP contribution in [-0.4, -0.2) is 29.5 Å². The Kier molecular flexibility index (Phi) is 6.74. The van der Waals surface area contributed by atoms with E-state index in [1.165, 1.54) is 0 Å². The Balaban J connectivity index is 0.00000192. The molecule has 1 fully saturated rings. The summed E-state index contributed by atoms with van der Waals surface area (Å²) in [5.41, 5.74) is 2.22. The Morgan fingerprint density at radius 3 is 2.87 bits per heavy atom. The van der Waals surface area contributed by atoms with Gasteiger partial charge in [0.2, 0.25) is 0 Å². The van der Waals surface area contributed by atoms with Gasteiger partial charge in [-0.25, -0.2) is 0 Å². The van der Waals surface area contributed by atoms with Crippen molar-refractivity contribution in [1.82, 2.24) is 15.1 Å². The Bertz CT molecular complexity index is 647. The second kappa shape index (κ2) is 8.36. The predicted molar refractivity (Wildman–Crippen MR) is 95.7 cm³/mol. The van der Waals surface area contributed by atoms with Gasteiger partial charge in [0.05, 0.1) is 29.0 Å². The fourth-order valence-electron chi connectivity index (χ4n) is 2.81. The topological polar surface area (TPSA) is 39.1 Å². The maximum Gasteiger partial charge on any atom is 0.0884 e. The zero-order valence-electron chi connectivity index (χ0n) is 12.8. The van der Waals surface area contributed by atoms with E-state index >= 15 is 0 Å². The van der Waals surface area contributed by atoms with Gasteiger partial charge in [-0.15, -0.1) is 12.4 Å². The molecular weight excluding hydrogens is 357 g/mol. The quantitative estimate of drug-likeness (QED) is 0.883. The molecule has 0 unspecified atom stereocenters. The van der Waals surface area contributed by atoms with E-state index in [2.05, 4.69) is 16.6 Å². The number of nitrogens with zero attached hydrogens (tertiary/aromatic N) is 2. The summed E-state index contributed by atoms with van der Waals surface area (Å²) in [4.78, 5) is 0. The Labute approximate surface area is 152 Å². The lowest BCUT2D eigenvalue weighted by Crippen LogP contribution is -2.28. The van der Waals surface area contributed by atoms with Gasteiger partial charge in [-0.05, 0) is 30.2 Å². The van der Waals surface area contributed by atoms with Gasteiger partial charge >= 0.3 is 0 Å². The van der Waals surface area contributed by atoms with Gasteiger partial charge in [-0.3, -0.25) is 4.68 Å². The second-order valence-electron chi connectivity index (χ2n) is 5.67. The van der Waals surface area contributed by atoms with E-state index in [-0.39, 0.29) is 24.4 Å². The third-order valence-corrected chi connectivity index (χ3v) is 4.61. The van der Waals surface area contributed by atoms with Gasteiger partial charge in [0, 0.05) is 31.7 Å². The number of hydrogen-bond donors (Lipinski definition) is 1. The molecule has 4 nitrogen and oxygen atoms in total. The molecule has 0 radical (unpaired) electrons. The van der Waals surface area contributed by atoms with E-state index in [1.54, 1.807) is 0 Å². The van der Waals surface area contributed by atoms with Crippen LogP contribution in [0.5, 0.6) is 0 Å². The molecule has 1 aliphatic rings. The average molecular weight is 377 g/mol. The van der Waals surface area contributed by atoms with Crippen molar-refractivity contribution in [2.75, 3.05) is 19.7 Å². The van der Waals surface area contributed by atoms with Crippen molar-refractivity contribution in [3.8, 4) is 0 Å². The largest absolute Gasteiger partial charge is 0.372 e. The molecule has 0 aliphatic carbocycles. The van der Waals surface area contributed by atoms with E-state index < -0.39 is 0 Å². The van der Waals surface area contributed by atoms with Crippen LogP contribution < -0.4 is 5.32 Å². The number of aromatic nitrogens is 2. The van der Waals surface area contributed by atoms with Crippen molar-refractivity contribution < 1.29 is 4.74 Å². The van der Waals surface area contributed by atoms with E-state index in [1.807, 2.05) is 36.0 Å². The zero-order chi connectivity index (χ0) is 15.5. The van der Waals surface area contributed by atoms with E-state index in [0.29, 0.717) is 16.7 Å². The first-order valence-corrected chi connectivity index (χ1v) is 8.15. The van der Waals surface area contributed by atoms with Crippen LogP contribution in [0, 0.1) is 12.8 Å². The number of hydrogen-bond acceptors (Lipinski definition) is 3. The molecule has 2 atom stereocenters. The molecule has 1 aromatic carbocycles. The summed E-state index contributed by atoms with van der Waals surface area (Å²) < 4.78 is 8.04. The summed E-state index contributed by atoms with van der Waals surface area (Å²) in [5, 5.41) is 8.94. The molecule has 1 aromatic heterocycles. The van der Waals surface area contributed by atoms with Crippen molar-refractivity contribution in [2.24, 2.45) is 5.92 Å². The molecule has 1 N–H and O–H groups in total. The van der Waals surface area contributed by atoms with Crippen LogP contribution in [0.15, 0.2) is 30.6 Å². The Hall–Kier alpha value is -0.780. The molecule has 23 heavy (non-hydrogen) atoms. The first kappa shape index (κ1) is 18.6. The van der Waals surface area contributed by atoms with Gasteiger partial charge < -0.3 is 10.1 Å². The molecule has 0 bridgehead atoms.